The lowest BCUT2D eigenvalue weighted by Crippen LogP contribution is -2.18. The smallest absolute Gasteiger partial charge is 0.339 e. The predicted octanol–water partition coefficient (Wildman–Crippen LogP) is 0.651. The molecular weight excluding hydrogens is 191 g/mol. The highest BCUT2D eigenvalue weighted by molar-refractivity contribution is 6.87. The van der Waals surface area contributed by atoms with Crippen molar-refractivity contribution in [3.8, 4) is 0 Å². The zero-order chi connectivity index (χ0) is 10.8. The Morgan fingerprint density at radius 1 is 1.60 bits per heavy atom. The Kier molecular flexibility index (Phi) is 2.54. The molecule has 75 valence electrons. The van der Waals surface area contributed by atoms with E-state index in [1.165, 1.54) is 6.20 Å². The van der Waals surface area contributed by atoms with Gasteiger partial charge in [-0.25, -0.2) is 14.8 Å². The van der Waals surface area contributed by atoms with Crippen LogP contribution in [-0.2, 0) is 4.74 Å². The third kappa shape index (κ3) is 1.91. The van der Waals surface area contributed by atoms with E-state index < -0.39 is 0 Å². The van der Waals surface area contributed by atoms with Crippen molar-refractivity contribution in [2.24, 2.45) is 4.99 Å². The summed E-state index contributed by atoms with van der Waals surface area (Å²) in [7, 11) is 1.89. The van der Waals surface area contributed by atoms with Crippen molar-refractivity contribution in [2.45, 2.75) is 13.8 Å². The number of aliphatic imine (C=N–C) groups is 1. The fraction of sp³-hybridized carbons (Fsp3) is 0.300. The quantitative estimate of drug-likeness (QED) is 0.521. The molecule has 1 aromatic rings. The molecule has 15 heavy (non-hydrogen) atoms. The lowest BCUT2D eigenvalue weighted by Gasteiger charge is -2.02. The van der Waals surface area contributed by atoms with Gasteiger partial charge >= 0.3 is 5.97 Å². The largest absolute Gasteiger partial charge is 0.462 e. The van der Waals surface area contributed by atoms with E-state index in [0.717, 1.165) is 11.1 Å². The maximum Gasteiger partial charge on any atom is 0.339 e. The van der Waals surface area contributed by atoms with Gasteiger partial charge in [-0.3, -0.25) is 0 Å². The number of ether oxygens (including phenoxy) is 1. The van der Waals surface area contributed by atoms with E-state index in [2.05, 4.69) is 9.98 Å². The number of carbonyl (C=O) groups is 1. The third-order valence-electron chi connectivity index (χ3n) is 2.05. The van der Waals surface area contributed by atoms with Gasteiger partial charge < -0.3 is 4.74 Å². The fourth-order valence-corrected chi connectivity index (χ4v) is 1.42. The van der Waals surface area contributed by atoms with Gasteiger partial charge in [0.15, 0.2) is 0 Å². The van der Waals surface area contributed by atoms with Crippen molar-refractivity contribution in [2.75, 3.05) is 6.61 Å². The third-order valence-corrected chi connectivity index (χ3v) is 2.05. The number of rotatable bonds is 2. The Morgan fingerprint density at radius 3 is 3.13 bits per heavy atom. The van der Waals surface area contributed by atoms with Gasteiger partial charge in [-0.2, -0.15) is 0 Å². The summed E-state index contributed by atoms with van der Waals surface area (Å²) in [5.74, 6) is 0.325. The maximum absolute atomic E-state index is 11.4. The second kappa shape index (κ2) is 3.84. The van der Waals surface area contributed by atoms with Crippen molar-refractivity contribution >= 4 is 30.1 Å². The van der Waals surface area contributed by atoms with E-state index in [1.807, 2.05) is 14.2 Å². The van der Waals surface area contributed by atoms with Crippen LogP contribution in [0.25, 0.3) is 0 Å². The molecule has 5 heteroatoms. The SMILES string of the molecule is CCOC(=O)c1cnc2c(c1)[B]C(C)=N2. The molecule has 0 saturated heterocycles. The Morgan fingerprint density at radius 2 is 2.40 bits per heavy atom. The number of pyridine rings is 1. The van der Waals surface area contributed by atoms with E-state index in [9.17, 15) is 4.79 Å². The Bertz CT molecular complexity index is 443. The van der Waals surface area contributed by atoms with Gasteiger partial charge in [0.25, 0.3) is 0 Å². The molecule has 0 N–H and O–H groups in total. The first-order chi connectivity index (χ1) is 7.20. The minimum Gasteiger partial charge on any atom is -0.462 e. The highest BCUT2D eigenvalue weighted by Gasteiger charge is 2.17. The van der Waals surface area contributed by atoms with E-state index in [4.69, 9.17) is 4.74 Å². The average molecular weight is 201 g/mol. The van der Waals surface area contributed by atoms with E-state index in [0.29, 0.717) is 18.0 Å². The molecule has 0 atom stereocenters. The van der Waals surface area contributed by atoms with Crippen LogP contribution in [0.15, 0.2) is 17.3 Å². The number of fused-ring (bicyclic) bond motifs is 1. The molecule has 0 unspecified atom stereocenters. The number of esters is 1. The summed E-state index contributed by atoms with van der Waals surface area (Å²) < 4.78 is 4.88. The van der Waals surface area contributed by atoms with Gasteiger partial charge in [0.05, 0.1) is 12.2 Å². The normalized spacial score (nSPS) is 12.8. The van der Waals surface area contributed by atoms with Crippen LogP contribution in [0.1, 0.15) is 24.2 Å². The molecule has 0 bridgehead atoms. The molecule has 1 aliphatic rings. The summed E-state index contributed by atoms with van der Waals surface area (Å²) >= 11 is 0. The van der Waals surface area contributed by atoms with Gasteiger partial charge in [0, 0.05) is 6.20 Å². The molecular formula is C10H10BN2O2. The van der Waals surface area contributed by atoms with E-state index in [1.54, 1.807) is 13.0 Å². The summed E-state index contributed by atoms with van der Waals surface area (Å²) in [5, 5.41) is 0. The van der Waals surface area contributed by atoms with Crippen LogP contribution < -0.4 is 5.46 Å². The standard InChI is InChI=1S/C10H10BN2O2/c1-3-15-10(14)7-4-8-9(12-5-7)13-6(2)11-8/h4-5H,3H2,1-2H3. The zero-order valence-electron chi connectivity index (χ0n) is 8.65. The number of hydrogen-bond acceptors (Lipinski definition) is 4. The van der Waals surface area contributed by atoms with Crippen LogP contribution in [0, 0.1) is 0 Å². The van der Waals surface area contributed by atoms with Crippen LogP contribution in [-0.4, -0.2) is 30.5 Å². The van der Waals surface area contributed by atoms with E-state index in [-0.39, 0.29) is 5.97 Å². The Balaban J connectivity index is 2.26. The number of hydrogen-bond donors (Lipinski definition) is 0. The van der Waals surface area contributed by atoms with Crippen LogP contribution in [0.5, 0.6) is 0 Å². The first-order valence-corrected chi connectivity index (χ1v) is 4.78. The molecule has 0 aliphatic carbocycles. The molecule has 0 aromatic carbocycles. The van der Waals surface area contributed by atoms with Crippen LogP contribution in [0.4, 0.5) is 5.82 Å². The van der Waals surface area contributed by atoms with Gasteiger partial charge in [0.1, 0.15) is 5.82 Å². The summed E-state index contributed by atoms with van der Waals surface area (Å²) in [6, 6.07) is 1.75. The molecule has 0 fully saturated rings. The molecule has 2 heterocycles. The molecule has 0 amide bonds. The molecule has 1 radical (unpaired) electrons. The minimum absolute atomic E-state index is 0.342. The van der Waals surface area contributed by atoms with Gasteiger partial charge in [-0.1, -0.05) is 0 Å². The van der Waals surface area contributed by atoms with Gasteiger partial charge in [-0.15, -0.1) is 0 Å². The Labute approximate surface area is 88.6 Å². The highest BCUT2D eigenvalue weighted by Crippen LogP contribution is 2.11. The second-order valence-electron chi connectivity index (χ2n) is 3.25. The van der Waals surface area contributed by atoms with Gasteiger partial charge in [0.2, 0.25) is 7.28 Å². The van der Waals surface area contributed by atoms with E-state index >= 15 is 0 Å². The van der Waals surface area contributed by atoms with Crippen molar-refractivity contribution in [3.63, 3.8) is 0 Å². The highest BCUT2D eigenvalue weighted by atomic mass is 16.5. The lowest BCUT2D eigenvalue weighted by atomic mass is 9.68. The number of nitrogens with zero attached hydrogens (tertiary/aromatic N) is 2. The summed E-state index contributed by atoms with van der Waals surface area (Å²) in [4.78, 5) is 19.7. The first-order valence-electron chi connectivity index (χ1n) is 4.78. The number of aromatic nitrogens is 1. The monoisotopic (exact) mass is 201 g/mol. The molecule has 0 spiro atoms. The minimum atomic E-state index is -0.342. The van der Waals surface area contributed by atoms with Crippen molar-refractivity contribution in [1.29, 1.82) is 0 Å². The Hall–Kier alpha value is -1.65. The van der Waals surface area contributed by atoms with Crippen LogP contribution >= 0.6 is 0 Å². The summed E-state index contributed by atoms with van der Waals surface area (Å²) in [5.41, 5.74) is 2.24. The van der Waals surface area contributed by atoms with Crippen molar-refractivity contribution < 1.29 is 9.53 Å². The van der Waals surface area contributed by atoms with Crippen molar-refractivity contribution in [3.05, 3.63) is 17.8 Å². The molecule has 4 nitrogen and oxygen atoms in total. The molecule has 2 rings (SSSR count). The maximum atomic E-state index is 11.4. The summed E-state index contributed by atoms with van der Waals surface area (Å²) in [6.07, 6.45) is 1.49. The number of carbonyl (C=O) groups excluding carboxylic acids is 1. The predicted molar refractivity (Wildman–Crippen MR) is 58.4 cm³/mol. The van der Waals surface area contributed by atoms with Crippen molar-refractivity contribution in [1.82, 2.24) is 4.98 Å². The van der Waals surface area contributed by atoms with Gasteiger partial charge in [-0.05, 0) is 31.0 Å². The first kappa shape index (κ1) is 9.89. The molecule has 1 aromatic heterocycles. The zero-order valence-corrected chi connectivity index (χ0v) is 8.65. The lowest BCUT2D eigenvalue weighted by molar-refractivity contribution is 0.0526. The topological polar surface area (TPSA) is 51.5 Å². The molecule has 1 aliphatic heterocycles. The molecule has 0 saturated carbocycles. The second-order valence-corrected chi connectivity index (χ2v) is 3.25. The fourth-order valence-electron chi connectivity index (χ4n) is 1.42. The van der Waals surface area contributed by atoms with Crippen LogP contribution in [0.2, 0.25) is 0 Å². The average Bonchev–Trinajstić information content (AvgIpc) is 2.57. The summed E-state index contributed by atoms with van der Waals surface area (Å²) in [6.45, 7) is 4.04. The van der Waals surface area contributed by atoms with Crippen LogP contribution in [0.3, 0.4) is 0 Å².